The number of methoxy groups -OCH3 is 1. The summed E-state index contributed by atoms with van der Waals surface area (Å²) in [5.74, 6) is 0.393. The van der Waals surface area contributed by atoms with Gasteiger partial charge < -0.3 is 14.8 Å². The summed E-state index contributed by atoms with van der Waals surface area (Å²) in [4.78, 5) is 22.7. The summed E-state index contributed by atoms with van der Waals surface area (Å²) in [5.41, 5.74) is -0.158. The molecule has 120 valence electrons. The predicted octanol–water partition coefficient (Wildman–Crippen LogP) is 3.01. The Morgan fingerprint density at radius 1 is 1.17 bits per heavy atom. The van der Waals surface area contributed by atoms with Gasteiger partial charge in [0.2, 0.25) is 0 Å². The van der Waals surface area contributed by atoms with Crippen LogP contribution >= 0.6 is 0 Å². The van der Waals surface area contributed by atoms with E-state index in [9.17, 15) is 14.9 Å². The number of carbonyl (C=O) groups excluding carboxylic acids is 1. The van der Waals surface area contributed by atoms with Crippen molar-refractivity contribution in [2.75, 3.05) is 12.4 Å². The number of carbonyl (C=O) groups is 1. The SMILES string of the molecule is COc1ccc(NC(=O)[C@H](C)Oc2ccccc2)c([N+](=O)[O-])c1. The quantitative estimate of drug-likeness (QED) is 0.653. The molecule has 2 aromatic carbocycles. The van der Waals surface area contributed by atoms with Crippen molar-refractivity contribution in [3.63, 3.8) is 0 Å². The number of amides is 1. The van der Waals surface area contributed by atoms with Crippen LogP contribution in [0.5, 0.6) is 11.5 Å². The number of hydrogen-bond acceptors (Lipinski definition) is 5. The van der Waals surface area contributed by atoms with Gasteiger partial charge in [-0.15, -0.1) is 0 Å². The highest BCUT2D eigenvalue weighted by Gasteiger charge is 2.21. The number of ether oxygens (including phenoxy) is 2. The van der Waals surface area contributed by atoms with Gasteiger partial charge in [-0.2, -0.15) is 0 Å². The van der Waals surface area contributed by atoms with Crippen molar-refractivity contribution in [3.05, 3.63) is 58.6 Å². The van der Waals surface area contributed by atoms with Crippen molar-refractivity contribution in [3.8, 4) is 11.5 Å². The number of nitro benzene ring substituents is 1. The third-order valence-corrected chi connectivity index (χ3v) is 3.08. The highest BCUT2D eigenvalue weighted by molar-refractivity contribution is 5.96. The maximum absolute atomic E-state index is 12.2. The number of hydrogen-bond donors (Lipinski definition) is 1. The van der Waals surface area contributed by atoms with E-state index in [0.717, 1.165) is 0 Å². The Morgan fingerprint density at radius 2 is 1.87 bits per heavy atom. The van der Waals surface area contributed by atoms with E-state index in [-0.39, 0.29) is 11.4 Å². The number of para-hydroxylation sites is 1. The Balaban J connectivity index is 2.12. The van der Waals surface area contributed by atoms with E-state index in [0.29, 0.717) is 11.5 Å². The molecule has 0 fully saturated rings. The van der Waals surface area contributed by atoms with Gasteiger partial charge in [0.15, 0.2) is 6.10 Å². The van der Waals surface area contributed by atoms with E-state index >= 15 is 0 Å². The van der Waals surface area contributed by atoms with Gasteiger partial charge in [0, 0.05) is 0 Å². The van der Waals surface area contributed by atoms with Crippen molar-refractivity contribution >= 4 is 17.3 Å². The van der Waals surface area contributed by atoms with Crippen LogP contribution in [-0.2, 0) is 4.79 Å². The molecular weight excluding hydrogens is 300 g/mol. The van der Waals surface area contributed by atoms with Crippen LogP contribution in [0, 0.1) is 10.1 Å². The summed E-state index contributed by atoms with van der Waals surface area (Å²) in [7, 11) is 1.41. The Kier molecular flexibility index (Phi) is 5.14. The van der Waals surface area contributed by atoms with Crippen LogP contribution in [0.2, 0.25) is 0 Å². The van der Waals surface area contributed by atoms with E-state index in [1.807, 2.05) is 6.07 Å². The Bertz CT molecular complexity index is 703. The van der Waals surface area contributed by atoms with Crippen molar-refractivity contribution < 1.29 is 19.2 Å². The monoisotopic (exact) mass is 316 g/mol. The van der Waals surface area contributed by atoms with Crippen molar-refractivity contribution in [1.82, 2.24) is 0 Å². The van der Waals surface area contributed by atoms with Crippen molar-refractivity contribution in [2.45, 2.75) is 13.0 Å². The van der Waals surface area contributed by atoms with Gasteiger partial charge in [-0.3, -0.25) is 14.9 Å². The molecule has 0 aliphatic rings. The zero-order valence-electron chi connectivity index (χ0n) is 12.7. The molecule has 0 aliphatic carbocycles. The molecule has 0 heterocycles. The first-order valence-corrected chi connectivity index (χ1v) is 6.86. The zero-order chi connectivity index (χ0) is 16.8. The number of nitro groups is 1. The Morgan fingerprint density at radius 3 is 2.48 bits per heavy atom. The molecule has 0 bridgehead atoms. The molecule has 0 radical (unpaired) electrons. The summed E-state index contributed by atoms with van der Waals surface area (Å²) >= 11 is 0. The molecule has 7 heteroatoms. The van der Waals surface area contributed by atoms with Crippen LogP contribution in [-0.4, -0.2) is 24.0 Å². The smallest absolute Gasteiger partial charge is 0.296 e. The lowest BCUT2D eigenvalue weighted by molar-refractivity contribution is -0.384. The third kappa shape index (κ3) is 4.19. The summed E-state index contributed by atoms with van der Waals surface area (Å²) in [6.45, 7) is 1.57. The van der Waals surface area contributed by atoms with Gasteiger partial charge in [0.25, 0.3) is 11.6 Å². The molecule has 2 rings (SSSR count). The van der Waals surface area contributed by atoms with Crippen LogP contribution in [0.25, 0.3) is 0 Å². The lowest BCUT2D eigenvalue weighted by Crippen LogP contribution is -2.30. The molecule has 1 amide bonds. The zero-order valence-corrected chi connectivity index (χ0v) is 12.7. The van der Waals surface area contributed by atoms with E-state index in [2.05, 4.69) is 5.32 Å². The van der Waals surface area contributed by atoms with Gasteiger partial charge in [0.05, 0.1) is 18.1 Å². The Labute approximate surface area is 133 Å². The molecule has 0 unspecified atom stereocenters. The average molecular weight is 316 g/mol. The second-order valence-electron chi connectivity index (χ2n) is 4.70. The summed E-state index contributed by atoms with van der Waals surface area (Å²) < 4.78 is 10.4. The largest absolute Gasteiger partial charge is 0.496 e. The number of nitrogens with one attached hydrogen (secondary N) is 1. The van der Waals surface area contributed by atoms with Crippen LogP contribution < -0.4 is 14.8 Å². The standard InChI is InChI=1S/C16H16N2O5/c1-11(23-12-6-4-3-5-7-12)16(19)17-14-9-8-13(22-2)10-15(14)18(20)21/h3-11H,1-2H3,(H,17,19)/t11-/m0/s1. The second-order valence-corrected chi connectivity index (χ2v) is 4.70. The van der Waals surface area contributed by atoms with Crippen LogP contribution in [0.1, 0.15) is 6.92 Å². The number of rotatable bonds is 6. The van der Waals surface area contributed by atoms with E-state index < -0.39 is 16.9 Å². The number of benzene rings is 2. The molecule has 1 atom stereocenters. The summed E-state index contributed by atoms with van der Waals surface area (Å²) in [5, 5.41) is 13.6. The molecule has 1 N–H and O–H groups in total. The van der Waals surface area contributed by atoms with Crippen molar-refractivity contribution in [1.29, 1.82) is 0 Å². The highest BCUT2D eigenvalue weighted by atomic mass is 16.6. The molecular formula is C16H16N2O5. The number of nitrogens with zero attached hydrogens (tertiary/aromatic N) is 1. The predicted molar refractivity (Wildman–Crippen MR) is 84.8 cm³/mol. The lowest BCUT2D eigenvalue weighted by atomic mass is 10.2. The third-order valence-electron chi connectivity index (χ3n) is 3.08. The fraction of sp³-hybridized carbons (Fsp3) is 0.188. The van der Waals surface area contributed by atoms with Crippen LogP contribution in [0.15, 0.2) is 48.5 Å². The number of anilines is 1. The minimum atomic E-state index is -0.806. The van der Waals surface area contributed by atoms with Gasteiger partial charge in [-0.25, -0.2) is 0 Å². The topological polar surface area (TPSA) is 90.7 Å². The normalized spacial score (nSPS) is 11.4. The van der Waals surface area contributed by atoms with E-state index in [4.69, 9.17) is 9.47 Å². The molecule has 7 nitrogen and oxygen atoms in total. The fourth-order valence-electron chi connectivity index (χ4n) is 1.89. The van der Waals surface area contributed by atoms with Gasteiger partial charge in [-0.1, -0.05) is 18.2 Å². The van der Waals surface area contributed by atoms with E-state index in [1.165, 1.54) is 25.3 Å². The first-order chi connectivity index (χ1) is 11.0. The minimum Gasteiger partial charge on any atom is -0.496 e. The lowest BCUT2D eigenvalue weighted by Gasteiger charge is -2.15. The molecule has 0 aromatic heterocycles. The average Bonchev–Trinajstić information content (AvgIpc) is 2.55. The molecule has 0 saturated carbocycles. The highest BCUT2D eigenvalue weighted by Crippen LogP contribution is 2.29. The van der Waals surface area contributed by atoms with Crippen LogP contribution in [0.3, 0.4) is 0 Å². The van der Waals surface area contributed by atoms with Crippen molar-refractivity contribution in [2.24, 2.45) is 0 Å². The Hall–Kier alpha value is -3.09. The molecule has 0 aliphatic heterocycles. The maximum Gasteiger partial charge on any atom is 0.296 e. The molecule has 0 spiro atoms. The summed E-state index contributed by atoms with van der Waals surface area (Å²) in [6, 6.07) is 13.0. The van der Waals surface area contributed by atoms with Gasteiger partial charge in [0.1, 0.15) is 17.2 Å². The fourth-order valence-corrected chi connectivity index (χ4v) is 1.89. The first-order valence-electron chi connectivity index (χ1n) is 6.86. The molecule has 0 saturated heterocycles. The second kappa shape index (κ2) is 7.26. The molecule has 2 aromatic rings. The maximum atomic E-state index is 12.2. The summed E-state index contributed by atoms with van der Waals surface area (Å²) in [6.07, 6.45) is -0.806. The first kappa shape index (κ1) is 16.3. The van der Waals surface area contributed by atoms with E-state index in [1.54, 1.807) is 31.2 Å². The van der Waals surface area contributed by atoms with Gasteiger partial charge >= 0.3 is 0 Å². The minimum absolute atomic E-state index is 0.0873. The molecule has 23 heavy (non-hydrogen) atoms. The van der Waals surface area contributed by atoms with Crippen LogP contribution in [0.4, 0.5) is 11.4 Å². The van der Waals surface area contributed by atoms with Gasteiger partial charge in [-0.05, 0) is 31.2 Å².